The Morgan fingerprint density at radius 1 is 1.00 bits per heavy atom. The molecule has 3 N–H and O–H groups in total. The number of aliphatic hydroxyl groups excluding tert-OH is 1. The molecule has 0 aliphatic carbocycles. The summed E-state index contributed by atoms with van der Waals surface area (Å²) in [5.41, 5.74) is -1.80. The molecule has 2 saturated heterocycles. The average Bonchev–Trinajstić information content (AvgIpc) is 2.92. The van der Waals surface area contributed by atoms with E-state index in [1.807, 2.05) is 4.90 Å². The van der Waals surface area contributed by atoms with E-state index in [2.05, 4.69) is 10.6 Å². The van der Waals surface area contributed by atoms with Crippen LogP contribution in [0.15, 0.2) is 36.4 Å². The third kappa shape index (κ3) is 7.09. The lowest BCUT2D eigenvalue weighted by Gasteiger charge is -2.45. The number of hydrogen-bond donors (Lipinski definition) is 3. The molecule has 2 fully saturated rings. The monoisotopic (exact) mass is 592 g/mol. The first-order chi connectivity index (χ1) is 19.7. The zero-order valence-electron chi connectivity index (χ0n) is 23.9. The van der Waals surface area contributed by atoms with Gasteiger partial charge in [-0.25, -0.2) is 8.78 Å². The van der Waals surface area contributed by atoms with Gasteiger partial charge >= 0.3 is 5.92 Å². The molecule has 3 amide bonds. The number of hydrogen-bond acceptors (Lipinski definition) is 5. The summed E-state index contributed by atoms with van der Waals surface area (Å²) in [5.74, 6) is -8.74. The minimum absolute atomic E-state index is 0.0789. The number of carbonyl (C=O) groups is 3. The fourth-order valence-corrected chi connectivity index (χ4v) is 5.46. The van der Waals surface area contributed by atoms with Crippen molar-refractivity contribution in [1.82, 2.24) is 15.1 Å². The van der Waals surface area contributed by atoms with Crippen LogP contribution in [-0.2, 0) is 15.5 Å². The molecule has 4 rings (SSSR count). The summed E-state index contributed by atoms with van der Waals surface area (Å²) in [6, 6.07) is 5.81. The molecule has 1 unspecified atom stereocenters. The summed E-state index contributed by atoms with van der Waals surface area (Å²) in [6.45, 7) is 6.19. The first-order valence-corrected chi connectivity index (χ1v) is 13.9. The summed E-state index contributed by atoms with van der Waals surface area (Å²) in [7, 11) is 0. The van der Waals surface area contributed by atoms with E-state index >= 15 is 8.78 Å². The molecule has 228 valence electrons. The van der Waals surface area contributed by atoms with Gasteiger partial charge in [0.15, 0.2) is 0 Å². The average molecular weight is 593 g/mol. The number of piperidine rings is 2. The van der Waals surface area contributed by atoms with Crippen molar-refractivity contribution in [2.75, 3.05) is 38.0 Å². The first kappa shape index (κ1) is 31.4. The maximum absolute atomic E-state index is 15.5. The molecular weight excluding hydrogens is 556 g/mol. The van der Waals surface area contributed by atoms with E-state index < -0.39 is 40.3 Å². The highest BCUT2D eigenvalue weighted by Gasteiger charge is 2.49. The Balaban J connectivity index is 1.42. The van der Waals surface area contributed by atoms with Crippen molar-refractivity contribution in [1.29, 1.82) is 0 Å². The summed E-state index contributed by atoms with van der Waals surface area (Å²) in [6.07, 6.45) is 1.05. The molecule has 0 aromatic heterocycles. The van der Waals surface area contributed by atoms with Crippen molar-refractivity contribution in [2.45, 2.75) is 58.1 Å². The van der Waals surface area contributed by atoms with Crippen LogP contribution in [-0.4, -0.2) is 77.5 Å². The molecule has 2 aromatic rings. The summed E-state index contributed by atoms with van der Waals surface area (Å²) < 4.78 is 59.2. The molecule has 1 atom stereocenters. The number of alkyl halides is 2. The van der Waals surface area contributed by atoms with Gasteiger partial charge in [0.2, 0.25) is 5.91 Å². The molecule has 8 nitrogen and oxygen atoms in total. The Morgan fingerprint density at radius 2 is 1.67 bits per heavy atom. The number of amides is 3. The normalized spacial score (nSPS) is 19.8. The second kappa shape index (κ2) is 12.4. The predicted molar refractivity (Wildman–Crippen MR) is 148 cm³/mol. The molecule has 12 heteroatoms. The predicted octanol–water partition coefficient (Wildman–Crippen LogP) is 3.82. The molecule has 2 aromatic carbocycles. The number of benzene rings is 2. The quantitative estimate of drug-likeness (QED) is 0.425. The zero-order chi connectivity index (χ0) is 30.8. The second-order valence-electron chi connectivity index (χ2n) is 11.8. The van der Waals surface area contributed by atoms with Gasteiger partial charge in [-0.3, -0.25) is 19.3 Å². The van der Waals surface area contributed by atoms with Crippen molar-refractivity contribution >= 4 is 23.4 Å². The molecule has 0 saturated carbocycles. The Bertz CT molecular complexity index is 1340. The van der Waals surface area contributed by atoms with Crippen LogP contribution in [0.25, 0.3) is 0 Å². The van der Waals surface area contributed by atoms with Gasteiger partial charge in [0.05, 0.1) is 18.2 Å². The fraction of sp³-hybridized carbons (Fsp3) is 0.500. The van der Waals surface area contributed by atoms with E-state index in [9.17, 15) is 28.3 Å². The van der Waals surface area contributed by atoms with Gasteiger partial charge in [-0.15, -0.1) is 0 Å². The van der Waals surface area contributed by atoms with Crippen LogP contribution in [0.1, 0.15) is 54.6 Å². The van der Waals surface area contributed by atoms with E-state index in [0.717, 1.165) is 17.0 Å². The summed E-state index contributed by atoms with van der Waals surface area (Å²) in [4.78, 5) is 41.4. The van der Waals surface area contributed by atoms with Crippen LogP contribution in [0, 0.1) is 24.0 Å². The highest BCUT2D eigenvalue weighted by atomic mass is 19.3. The van der Waals surface area contributed by atoms with E-state index in [1.54, 1.807) is 13.8 Å². The molecular formula is C30H36F4N4O4. The Kier molecular flexibility index (Phi) is 9.27. The number of anilines is 1. The van der Waals surface area contributed by atoms with E-state index in [0.29, 0.717) is 38.1 Å². The van der Waals surface area contributed by atoms with Crippen LogP contribution in [0.2, 0.25) is 0 Å². The Morgan fingerprint density at radius 3 is 2.31 bits per heavy atom. The zero-order valence-corrected chi connectivity index (χ0v) is 23.9. The maximum atomic E-state index is 15.5. The molecule has 2 aliphatic heterocycles. The third-order valence-corrected chi connectivity index (χ3v) is 8.03. The minimum atomic E-state index is -4.27. The third-order valence-electron chi connectivity index (χ3n) is 8.03. The van der Waals surface area contributed by atoms with Crippen molar-refractivity contribution < 1.29 is 37.1 Å². The number of likely N-dealkylation sites (tertiary alicyclic amines) is 2. The van der Waals surface area contributed by atoms with Crippen LogP contribution in [0.3, 0.4) is 0 Å². The molecule has 2 aliphatic rings. The maximum Gasteiger partial charge on any atom is 0.352 e. The number of nitrogens with one attached hydrogen (secondary N) is 2. The number of carbonyl (C=O) groups excluding carboxylic acids is 3. The molecule has 0 spiro atoms. The summed E-state index contributed by atoms with van der Waals surface area (Å²) >= 11 is 0. The number of nitrogens with zero attached hydrogens (tertiary/aromatic N) is 2. The van der Waals surface area contributed by atoms with Crippen LogP contribution in [0.4, 0.5) is 23.2 Å². The van der Waals surface area contributed by atoms with E-state index in [1.165, 1.54) is 19.1 Å². The fourth-order valence-electron chi connectivity index (χ4n) is 5.46. The largest absolute Gasteiger partial charge is 0.393 e. The second-order valence-corrected chi connectivity index (χ2v) is 11.8. The molecule has 42 heavy (non-hydrogen) atoms. The first-order valence-electron chi connectivity index (χ1n) is 13.9. The lowest BCUT2D eigenvalue weighted by molar-refractivity contribution is -0.163. The van der Waals surface area contributed by atoms with Gasteiger partial charge in [-0.2, -0.15) is 8.78 Å². The van der Waals surface area contributed by atoms with Crippen LogP contribution < -0.4 is 10.6 Å². The number of aryl methyl sites for hydroxylation is 1. The standard InChI is InChI=1S/C30H36F4N4O4/c1-18-14-20(5-7-23(18)31)35-27(41)19-4-6-24(32)22(15-19)30(33,34)28(42)38-13-10-25(29(2,3)17-38)36-26(40)16-37-11-8-21(39)9-12-37/h4-7,14-15,21,25,39H,8-13,16-17H2,1-3H3,(H,35,41)(H,36,40). The van der Waals surface area contributed by atoms with E-state index in [4.69, 9.17) is 0 Å². The van der Waals surface area contributed by atoms with Gasteiger partial charge in [0.1, 0.15) is 11.6 Å². The van der Waals surface area contributed by atoms with Crippen LogP contribution >= 0.6 is 0 Å². The van der Waals surface area contributed by atoms with Crippen molar-refractivity contribution in [3.05, 3.63) is 64.7 Å². The van der Waals surface area contributed by atoms with Gasteiger partial charge in [0, 0.05) is 48.9 Å². The highest BCUT2D eigenvalue weighted by molar-refractivity contribution is 6.04. The lowest BCUT2D eigenvalue weighted by atomic mass is 9.78. The molecule has 0 radical (unpaired) electrons. The molecule has 2 heterocycles. The number of rotatable bonds is 7. The smallest absolute Gasteiger partial charge is 0.352 e. The number of aliphatic hydroxyl groups is 1. The highest BCUT2D eigenvalue weighted by Crippen LogP contribution is 2.37. The van der Waals surface area contributed by atoms with Crippen LogP contribution in [0.5, 0.6) is 0 Å². The van der Waals surface area contributed by atoms with E-state index in [-0.39, 0.29) is 60.9 Å². The number of halogens is 4. The Hall–Kier alpha value is -3.51. The van der Waals surface area contributed by atoms with Gasteiger partial charge in [-0.05, 0) is 68.1 Å². The topological polar surface area (TPSA) is 102 Å². The van der Waals surface area contributed by atoms with Gasteiger partial charge in [-0.1, -0.05) is 13.8 Å². The summed E-state index contributed by atoms with van der Waals surface area (Å²) in [5, 5.41) is 15.1. The molecule has 0 bridgehead atoms. The van der Waals surface area contributed by atoms with Gasteiger partial charge < -0.3 is 20.6 Å². The van der Waals surface area contributed by atoms with Gasteiger partial charge in [0.25, 0.3) is 11.8 Å². The van der Waals surface area contributed by atoms with Crippen molar-refractivity contribution in [3.63, 3.8) is 0 Å². The minimum Gasteiger partial charge on any atom is -0.393 e. The Labute approximate surface area is 242 Å². The van der Waals surface area contributed by atoms with Crippen molar-refractivity contribution in [3.8, 4) is 0 Å². The van der Waals surface area contributed by atoms with Crippen molar-refractivity contribution in [2.24, 2.45) is 5.41 Å². The lowest BCUT2D eigenvalue weighted by Crippen LogP contribution is -2.59. The SMILES string of the molecule is Cc1cc(NC(=O)c2ccc(F)c(C(F)(F)C(=O)N3CCC(NC(=O)CN4CCC(O)CC4)C(C)(C)C3)c2)ccc1F.